The Kier molecular flexibility index (Phi) is 6.63. The maximum atomic E-state index is 14.9. The van der Waals surface area contributed by atoms with Crippen molar-refractivity contribution in [2.75, 3.05) is 44.7 Å². The zero-order valence-electron chi connectivity index (χ0n) is 21.4. The van der Waals surface area contributed by atoms with E-state index in [1.54, 1.807) is 4.90 Å². The number of benzene rings is 1. The molecule has 4 aliphatic heterocycles. The number of pyridine rings is 1. The Morgan fingerprint density at radius 2 is 2.00 bits per heavy atom. The molecule has 37 heavy (non-hydrogen) atoms. The number of aryl methyl sites for hydroxylation is 1. The molecule has 2 aromatic rings. The summed E-state index contributed by atoms with van der Waals surface area (Å²) in [6.07, 6.45) is 4.83. The van der Waals surface area contributed by atoms with Crippen LogP contribution in [0.1, 0.15) is 53.4 Å². The number of halogens is 1. The molecule has 1 unspecified atom stereocenters. The highest BCUT2D eigenvalue weighted by molar-refractivity contribution is 5.87. The molecule has 4 aliphatic rings. The molecule has 0 saturated carbocycles. The molecular formula is C29H35FN4O3. The van der Waals surface area contributed by atoms with E-state index in [9.17, 15) is 9.18 Å². The molecule has 1 N–H and O–H groups in total. The molecule has 1 aromatic carbocycles. The average molecular weight is 507 g/mol. The number of amides is 1. The van der Waals surface area contributed by atoms with Crippen molar-refractivity contribution in [2.45, 2.75) is 56.8 Å². The van der Waals surface area contributed by atoms with E-state index in [1.165, 1.54) is 17.2 Å². The number of ether oxygens (including phenoxy) is 2. The molecular weight excluding hydrogens is 471 g/mol. The predicted molar refractivity (Wildman–Crippen MR) is 140 cm³/mol. The normalized spacial score (nSPS) is 24.6. The van der Waals surface area contributed by atoms with Gasteiger partial charge in [0, 0.05) is 56.6 Å². The van der Waals surface area contributed by atoms with Gasteiger partial charge < -0.3 is 19.7 Å². The Labute approximate surface area is 217 Å². The fraction of sp³-hybridized carbons (Fsp3) is 0.517. The predicted octanol–water partition coefficient (Wildman–Crippen LogP) is 4.44. The molecule has 0 bridgehead atoms. The molecule has 0 spiro atoms. The Balaban J connectivity index is 1.16. The Bertz CT molecular complexity index is 1190. The molecule has 1 aromatic heterocycles. The van der Waals surface area contributed by atoms with Crippen molar-refractivity contribution in [3.63, 3.8) is 0 Å². The highest BCUT2D eigenvalue weighted by atomic mass is 19.1. The van der Waals surface area contributed by atoms with E-state index in [1.807, 2.05) is 6.20 Å². The maximum absolute atomic E-state index is 14.9. The van der Waals surface area contributed by atoms with Gasteiger partial charge in [-0.05, 0) is 67.0 Å². The summed E-state index contributed by atoms with van der Waals surface area (Å²) in [5.41, 5.74) is 5.73. The fourth-order valence-electron chi connectivity index (χ4n) is 6.38. The van der Waals surface area contributed by atoms with Gasteiger partial charge in [0.2, 0.25) is 5.91 Å². The van der Waals surface area contributed by atoms with Gasteiger partial charge in [-0.15, -0.1) is 0 Å². The number of hydrogen-bond acceptors (Lipinski definition) is 6. The number of carbonyl (C=O) groups is 1. The quantitative estimate of drug-likeness (QED) is 0.619. The van der Waals surface area contributed by atoms with Gasteiger partial charge in [0.15, 0.2) is 0 Å². The Morgan fingerprint density at radius 3 is 2.76 bits per heavy atom. The highest BCUT2D eigenvalue weighted by Gasteiger charge is 2.41. The first kappa shape index (κ1) is 24.4. The lowest BCUT2D eigenvalue weighted by Gasteiger charge is -2.48. The molecule has 3 fully saturated rings. The summed E-state index contributed by atoms with van der Waals surface area (Å²) in [5.74, 6) is 2.37. The van der Waals surface area contributed by atoms with E-state index in [2.05, 4.69) is 46.9 Å². The van der Waals surface area contributed by atoms with Crippen molar-refractivity contribution in [3.05, 3.63) is 59.3 Å². The van der Waals surface area contributed by atoms with E-state index in [0.29, 0.717) is 31.4 Å². The van der Waals surface area contributed by atoms with Gasteiger partial charge in [-0.25, -0.2) is 9.37 Å². The van der Waals surface area contributed by atoms with E-state index in [-0.39, 0.29) is 18.5 Å². The van der Waals surface area contributed by atoms with Crippen molar-refractivity contribution in [2.24, 2.45) is 0 Å². The van der Waals surface area contributed by atoms with Gasteiger partial charge in [-0.3, -0.25) is 9.69 Å². The summed E-state index contributed by atoms with van der Waals surface area (Å²) < 4.78 is 26.9. The van der Waals surface area contributed by atoms with E-state index < -0.39 is 6.17 Å². The topological polar surface area (TPSA) is 66.9 Å². The number of nitrogens with one attached hydrogen (secondary N) is 1. The van der Waals surface area contributed by atoms with Crippen LogP contribution in [0.4, 0.5) is 15.9 Å². The number of likely N-dealkylation sites (tertiary alicyclic amines) is 2. The summed E-state index contributed by atoms with van der Waals surface area (Å²) in [5, 5.41) is 3.58. The second kappa shape index (κ2) is 10.1. The molecule has 0 radical (unpaired) electrons. The van der Waals surface area contributed by atoms with Crippen LogP contribution in [0.3, 0.4) is 0 Å². The number of aromatic nitrogens is 1. The van der Waals surface area contributed by atoms with Gasteiger partial charge >= 0.3 is 0 Å². The molecule has 8 heteroatoms. The van der Waals surface area contributed by atoms with Crippen LogP contribution in [-0.4, -0.2) is 72.3 Å². The number of rotatable bonds is 4. The first-order valence-corrected chi connectivity index (χ1v) is 13.4. The minimum Gasteiger partial charge on any atom is -0.486 e. The number of fused-ring (bicyclic) bond motifs is 2. The summed E-state index contributed by atoms with van der Waals surface area (Å²) in [7, 11) is 0. The number of alkyl halides is 1. The highest BCUT2D eigenvalue weighted by Crippen LogP contribution is 2.42. The molecule has 2 atom stereocenters. The molecule has 196 valence electrons. The monoisotopic (exact) mass is 506 g/mol. The van der Waals surface area contributed by atoms with Gasteiger partial charge in [0.25, 0.3) is 0 Å². The third kappa shape index (κ3) is 4.61. The van der Waals surface area contributed by atoms with Crippen LogP contribution in [0.2, 0.25) is 0 Å². The third-order valence-corrected chi connectivity index (χ3v) is 8.51. The Morgan fingerprint density at radius 1 is 1.19 bits per heavy atom. The molecule has 7 nitrogen and oxygen atoms in total. The van der Waals surface area contributed by atoms with Crippen LogP contribution in [0.5, 0.6) is 5.75 Å². The Hall–Kier alpha value is -2.97. The van der Waals surface area contributed by atoms with Crippen molar-refractivity contribution >= 4 is 17.4 Å². The lowest BCUT2D eigenvalue weighted by atomic mass is 9.86. The van der Waals surface area contributed by atoms with Crippen LogP contribution in [-0.2, 0) is 16.1 Å². The maximum Gasteiger partial charge on any atom is 0.246 e. The standard InChI is InChI=1S/C29H35FN4O3/c1-3-27(35)33-9-5-26(24(30)16-33)34-14-21(15-34)20-12-18(2)28-25(13-20)32-29-23(17-37-28)22(4-8-31-29)19-6-10-36-11-7-19/h3-4,8,12-13,19,21,24,26H,1,5-7,9-11,14-17H2,2H3,(H,31,32)/t24-,26?/m1/s1. The molecule has 0 aliphatic carbocycles. The number of anilines is 2. The van der Waals surface area contributed by atoms with Crippen molar-refractivity contribution < 1.29 is 18.7 Å². The average Bonchev–Trinajstić information content (AvgIpc) is 3.08. The van der Waals surface area contributed by atoms with Crippen LogP contribution < -0.4 is 10.1 Å². The summed E-state index contributed by atoms with van der Waals surface area (Å²) in [6.45, 7) is 10.1. The molecule has 5 heterocycles. The number of piperidine rings is 1. The minimum atomic E-state index is -1.03. The lowest BCUT2D eigenvalue weighted by Crippen LogP contribution is -2.59. The van der Waals surface area contributed by atoms with Crippen LogP contribution in [0.25, 0.3) is 0 Å². The first-order valence-electron chi connectivity index (χ1n) is 13.4. The van der Waals surface area contributed by atoms with Crippen molar-refractivity contribution in [3.8, 4) is 5.75 Å². The van der Waals surface area contributed by atoms with Gasteiger partial charge in [0.1, 0.15) is 24.3 Å². The third-order valence-electron chi connectivity index (χ3n) is 8.51. The zero-order chi connectivity index (χ0) is 25.5. The second-order valence-electron chi connectivity index (χ2n) is 10.8. The molecule has 1 amide bonds. The van der Waals surface area contributed by atoms with Crippen LogP contribution in [0, 0.1) is 6.92 Å². The minimum absolute atomic E-state index is 0.131. The van der Waals surface area contributed by atoms with Gasteiger partial charge in [-0.2, -0.15) is 0 Å². The second-order valence-corrected chi connectivity index (χ2v) is 10.8. The van der Waals surface area contributed by atoms with Gasteiger partial charge in [0.05, 0.1) is 12.2 Å². The SMILES string of the molecule is C=CC(=O)N1CCC(N2CC(c3cc(C)c4c(c3)Nc3nccc(C5CCOCC5)c3CO4)C2)[C@H](F)C1. The summed E-state index contributed by atoms with van der Waals surface area (Å²) in [4.78, 5) is 20.3. The number of hydrogen-bond donors (Lipinski definition) is 1. The summed E-state index contributed by atoms with van der Waals surface area (Å²) >= 11 is 0. The molecule has 3 saturated heterocycles. The lowest BCUT2D eigenvalue weighted by molar-refractivity contribution is -0.130. The van der Waals surface area contributed by atoms with Crippen LogP contribution in [0.15, 0.2) is 37.1 Å². The van der Waals surface area contributed by atoms with E-state index >= 15 is 0 Å². The van der Waals surface area contributed by atoms with Crippen LogP contribution >= 0.6 is 0 Å². The first-order chi connectivity index (χ1) is 18.0. The fourth-order valence-corrected chi connectivity index (χ4v) is 6.38. The van der Waals surface area contributed by atoms with Crippen molar-refractivity contribution in [1.82, 2.24) is 14.8 Å². The van der Waals surface area contributed by atoms with Gasteiger partial charge in [-0.1, -0.05) is 12.6 Å². The number of carbonyl (C=O) groups excluding carboxylic acids is 1. The molecule has 6 rings (SSSR count). The van der Waals surface area contributed by atoms with E-state index in [0.717, 1.165) is 67.5 Å². The smallest absolute Gasteiger partial charge is 0.246 e. The van der Waals surface area contributed by atoms with Crippen molar-refractivity contribution in [1.29, 1.82) is 0 Å². The number of nitrogens with zero attached hydrogens (tertiary/aromatic N) is 3. The largest absolute Gasteiger partial charge is 0.486 e. The summed E-state index contributed by atoms with van der Waals surface area (Å²) in [6, 6.07) is 6.39. The zero-order valence-corrected chi connectivity index (χ0v) is 21.4. The van der Waals surface area contributed by atoms with E-state index in [4.69, 9.17) is 9.47 Å².